The van der Waals surface area contributed by atoms with Crippen molar-refractivity contribution in [2.75, 3.05) is 0 Å². The number of aromatic nitrogens is 2. The molecule has 214 valence electrons. The monoisotopic (exact) mass is 604 g/mol. The number of hydrogen-bond acceptors (Lipinski definition) is 4. The second-order valence-corrected chi connectivity index (χ2v) is 12.8. The van der Waals surface area contributed by atoms with Crippen LogP contribution in [0.1, 0.15) is 0 Å². The minimum Gasteiger partial charge on any atom is -0.436 e. The molecule has 4 heteroatoms. The molecular formula is C42H24N2OS. The molecule has 0 N–H and O–H groups in total. The maximum atomic E-state index is 6.22. The van der Waals surface area contributed by atoms with E-state index in [1.807, 2.05) is 29.7 Å². The summed E-state index contributed by atoms with van der Waals surface area (Å²) in [5.41, 5.74) is 8.70. The van der Waals surface area contributed by atoms with Crippen LogP contribution < -0.4 is 0 Å². The van der Waals surface area contributed by atoms with E-state index in [4.69, 9.17) is 14.4 Å². The maximum Gasteiger partial charge on any atom is 0.246 e. The van der Waals surface area contributed by atoms with Crippen molar-refractivity contribution in [3.63, 3.8) is 0 Å². The van der Waals surface area contributed by atoms with Crippen LogP contribution >= 0.6 is 11.3 Å². The topological polar surface area (TPSA) is 38.9 Å². The smallest absolute Gasteiger partial charge is 0.246 e. The summed E-state index contributed by atoms with van der Waals surface area (Å²) in [4.78, 5) is 9.81. The second-order valence-electron chi connectivity index (χ2n) is 11.8. The Labute approximate surface area is 268 Å². The van der Waals surface area contributed by atoms with Crippen LogP contribution in [-0.2, 0) is 0 Å². The molecule has 3 aromatic heterocycles. The Morgan fingerprint density at radius 2 is 1.20 bits per heavy atom. The van der Waals surface area contributed by atoms with Gasteiger partial charge < -0.3 is 4.42 Å². The summed E-state index contributed by atoms with van der Waals surface area (Å²) in [6.07, 6.45) is 1.86. The van der Waals surface area contributed by atoms with Crippen molar-refractivity contribution in [2.24, 2.45) is 0 Å². The van der Waals surface area contributed by atoms with Gasteiger partial charge in [0.15, 0.2) is 0 Å². The lowest BCUT2D eigenvalue weighted by atomic mass is 9.94. The highest BCUT2D eigenvalue weighted by molar-refractivity contribution is 7.26. The van der Waals surface area contributed by atoms with Crippen LogP contribution in [0.2, 0.25) is 0 Å². The Balaban J connectivity index is 1.09. The molecule has 0 atom stereocenters. The quantitative estimate of drug-likeness (QED) is 0.201. The van der Waals surface area contributed by atoms with Gasteiger partial charge in [-0.2, -0.15) is 0 Å². The number of benzene rings is 7. The molecule has 0 bridgehead atoms. The first kappa shape index (κ1) is 25.5. The molecule has 0 fully saturated rings. The molecule has 46 heavy (non-hydrogen) atoms. The van der Waals surface area contributed by atoms with Gasteiger partial charge in [0.2, 0.25) is 5.71 Å². The van der Waals surface area contributed by atoms with E-state index in [0.717, 1.165) is 49.6 Å². The maximum absolute atomic E-state index is 6.22. The van der Waals surface area contributed by atoms with Gasteiger partial charge in [-0.15, -0.1) is 11.3 Å². The molecule has 0 saturated heterocycles. The van der Waals surface area contributed by atoms with Crippen molar-refractivity contribution in [2.45, 2.75) is 0 Å². The number of rotatable bonds is 3. The second kappa shape index (κ2) is 9.83. The van der Waals surface area contributed by atoms with Gasteiger partial charge in [0.25, 0.3) is 0 Å². The third kappa shape index (κ3) is 3.84. The van der Waals surface area contributed by atoms with Gasteiger partial charge in [-0.05, 0) is 68.6 Å². The molecule has 0 aliphatic heterocycles. The van der Waals surface area contributed by atoms with Crippen LogP contribution in [0, 0.1) is 0 Å². The van der Waals surface area contributed by atoms with Gasteiger partial charge in [-0.25, -0.2) is 9.97 Å². The van der Waals surface area contributed by atoms with Crippen molar-refractivity contribution >= 4 is 75.3 Å². The van der Waals surface area contributed by atoms with E-state index in [1.165, 1.54) is 42.1 Å². The van der Waals surface area contributed by atoms with E-state index in [-0.39, 0.29) is 0 Å². The molecule has 0 radical (unpaired) electrons. The summed E-state index contributed by atoms with van der Waals surface area (Å²) in [5.74, 6) is 0. The molecular weight excluding hydrogens is 581 g/mol. The SMILES string of the molecule is c1cc(-c2cccc(-c3cc4ccccc4c4c3sc3ccccc34)c2)cc(-c2cnc3c(n2)oc2ccc4ccccc4c23)c1. The van der Waals surface area contributed by atoms with Gasteiger partial charge in [-0.3, -0.25) is 0 Å². The van der Waals surface area contributed by atoms with Crippen molar-refractivity contribution in [3.05, 3.63) is 146 Å². The predicted octanol–water partition coefficient (Wildman–Crippen LogP) is 12.1. The van der Waals surface area contributed by atoms with Crippen LogP contribution in [0.5, 0.6) is 0 Å². The number of hydrogen-bond donors (Lipinski definition) is 0. The van der Waals surface area contributed by atoms with Crippen LogP contribution in [0.25, 0.3) is 97.4 Å². The van der Waals surface area contributed by atoms with Gasteiger partial charge in [-0.1, -0.05) is 109 Å². The Morgan fingerprint density at radius 1 is 0.522 bits per heavy atom. The fourth-order valence-electron chi connectivity index (χ4n) is 6.95. The Bertz CT molecular complexity index is 2830. The lowest BCUT2D eigenvalue weighted by Gasteiger charge is -2.11. The first-order valence-electron chi connectivity index (χ1n) is 15.4. The van der Waals surface area contributed by atoms with Gasteiger partial charge >= 0.3 is 0 Å². The Morgan fingerprint density at radius 3 is 2.04 bits per heavy atom. The van der Waals surface area contributed by atoms with E-state index in [2.05, 4.69) is 127 Å². The standard InChI is InChI=1S/C42H24N2OS/c1-3-15-31-25(9-1)19-20-36-39(31)40-42(45-36)44-35(24-43-40)30-14-8-12-27(22-30)26-11-7-13-28(21-26)34-23-29-10-2-4-16-32(29)38-33-17-5-6-18-37(33)46-41(34)38/h1-24H. The Kier molecular flexibility index (Phi) is 5.45. The number of furan rings is 1. The molecule has 10 aromatic rings. The van der Waals surface area contributed by atoms with Crippen LogP contribution in [0.15, 0.2) is 150 Å². The van der Waals surface area contributed by atoms with E-state index in [0.29, 0.717) is 5.71 Å². The fourth-order valence-corrected chi connectivity index (χ4v) is 8.21. The summed E-state index contributed by atoms with van der Waals surface area (Å²) in [6.45, 7) is 0. The van der Waals surface area contributed by atoms with Crippen LogP contribution in [0.4, 0.5) is 0 Å². The van der Waals surface area contributed by atoms with Gasteiger partial charge in [0, 0.05) is 31.3 Å². The first-order chi connectivity index (χ1) is 22.8. The zero-order valence-electron chi connectivity index (χ0n) is 24.6. The number of fused-ring (bicyclic) bond motifs is 10. The molecule has 7 aromatic carbocycles. The normalized spacial score (nSPS) is 11.9. The van der Waals surface area contributed by atoms with E-state index in [9.17, 15) is 0 Å². The zero-order valence-corrected chi connectivity index (χ0v) is 25.4. The summed E-state index contributed by atoms with van der Waals surface area (Å²) in [5, 5.41) is 8.53. The summed E-state index contributed by atoms with van der Waals surface area (Å²) >= 11 is 1.88. The average molecular weight is 605 g/mol. The van der Waals surface area contributed by atoms with Crippen molar-refractivity contribution in [1.82, 2.24) is 9.97 Å². The number of thiophene rings is 1. The lowest BCUT2D eigenvalue weighted by Crippen LogP contribution is -1.88. The van der Waals surface area contributed by atoms with Crippen LogP contribution in [-0.4, -0.2) is 9.97 Å². The lowest BCUT2D eigenvalue weighted by molar-refractivity contribution is 0.654. The molecule has 3 nitrogen and oxygen atoms in total. The largest absolute Gasteiger partial charge is 0.436 e. The zero-order chi connectivity index (χ0) is 30.2. The molecule has 0 saturated carbocycles. The highest BCUT2D eigenvalue weighted by Gasteiger charge is 2.16. The molecule has 0 spiro atoms. The van der Waals surface area contributed by atoms with Crippen molar-refractivity contribution < 1.29 is 4.42 Å². The summed E-state index contributed by atoms with van der Waals surface area (Å²) in [7, 11) is 0. The van der Waals surface area contributed by atoms with Gasteiger partial charge in [0.05, 0.1) is 17.3 Å². The summed E-state index contributed by atoms with van der Waals surface area (Å²) < 4.78 is 8.86. The van der Waals surface area contributed by atoms with Gasteiger partial charge in [0.1, 0.15) is 11.1 Å². The average Bonchev–Trinajstić information content (AvgIpc) is 3.70. The predicted molar refractivity (Wildman–Crippen MR) is 194 cm³/mol. The molecule has 3 heterocycles. The first-order valence-corrected chi connectivity index (χ1v) is 16.2. The van der Waals surface area contributed by atoms with Crippen LogP contribution in [0.3, 0.4) is 0 Å². The van der Waals surface area contributed by atoms with E-state index >= 15 is 0 Å². The molecule has 10 rings (SSSR count). The fraction of sp³-hybridized carbons (Fsp3) is 0. The van der Waals surface area contributed by atoms with Crippen molar-refractivity contribution in [1.29, 1.82) is 0 Å². The molecule has 0 aliphatic carbocycles. The van der Waals surface area contributed by atoms with E-state index in [1.54, 1.807) is 0 Å². The molecule has 0 unspecified atom stereocenters. The highest BCUT2D eigenvalue weighted by atomic mass is 32.1. The third-order valence-electron chi connectivity index (χ3n) is 9.11. The Hall–Kier alpha value is -5.84. The molecule has 0 amide bonds. The van der Waals surface area contributed by atoms with E-state index < -0.39 is 0 Å². The third-order valence-corrected chi connectivity index (χ3v) is 10.3. The van der Waals surface area contributed by atoms with Crippen molar-refractivity contribution in [3.8, 4) is 33.5 Å². The highest BCUT2D eigenvalue weighted by Crippen LogP contribution is 2.44. The summed E-state index contributed by atoms with van der Waals surface area (Å²) in [6, 6.07) is 49.7. The molecule has 0 aliphatic rings. The minimum atomic E-state index is 0.555. The number of nitrogens with zero attached hydrogens (tertiary/aromatic N) is 2. The minimum absolute atomic E-state index is 0.555.